The number of carbonyl (C=O) groups is 2. The fraction of sp³-hybridized carbons (Fsp3) is 0.333. The van der Waals surface area contributed by atoms with E-state index in [4.69, 9.17) is 0 Å². The Bertz CT molecular complexity index is 1020. The van der Waals surface area contributed by atoms with Gasteiger partial charge in [-0.1, -0.05) is 6.07 Å². The number of anilines is 1. The smallest absolute Gasteiger partial charge is 0.261 e. The standard InChI is InChI=1S/C21H25N3O4S/c1-15-4-9-20(14-16(15)2)29(27,28)22-19-7-5-18(6-8-19)21(26)24-12-10-23(11-13-24)17(3)25/h4-9,14,22H,10-13H2,1-3H3. The molecule has 2 aromatic rings. The highest BCUT2D eigenvalue weighted by atomic mass is 32.2. The number of rotatable bonds is 4. The molecule has 0 atom stereocenters. The van der Waals surface area contributed by atoms with Gasteiger partial charge in [-0.15, -0.1) is 0 Å². The van der Waals surface area contributed by atoms with Crippen molar-refractivity contribution in [2.24, 2.45) is 0 Å². The Labute approximate surface area is 171 Å². The zero-order chi connectivity index (χ0) is 21.2. The third kappa shape index (κ3) is 4.76. The van der Waals surface area contributed by atoms with Gasteiger partial charge in [-0.05, 0) is 61.4 Å². The Balaban J connectivity index is 1.67. The predicted octanol–water partition coefficient (Wildman–Crippen LogP) is 2.41. The van der Waals surface area contributed by atoms with Crippen LogP contribution in [0.2, 0.25) is 0 Å². The zero-order valence-electron chi connectivity index (χ0n) is 16.8. The molecule has 7 nitrogen and oxygen atoms in total. The average molecular weight is 416 g/mol. The maximum absolute atomic E-state index is 12.6. The van der Waals surface area contributed by atoms with E-state index in [1.807, 2.05) is 13.8 Å². The highest BCUT2D eigenvalue weighted by molar-refractivity contribution is 7.92. The maximum atomic E-state index is 12.6. The van der Waals surface area contributed by atoms with Crippen molar-refractivity contribution in [3.63, 3.8) is 0 Å². The first-order valence-electron chi connectivity index (χ1n) is 9.42. The second kappa shape index (κ2) is 8.24. The molecule has 0 aliphatic carbocycles. The molecule has 1 N–H and O–H groups in total. The third-order valence-corrected chi connectivity index (χ3v) is 6.56. The summed E-state index contributed by atoms with van der Waals surface area (Å²) in [6.07, 6.45) is 0. The van der Waals surface area contributed by atoms with Gasteiger partial charge in [0.15, 0.2) is 0 Å². The number of hydrogen-bond donors (Lipinski definition) is 1. The Morgan fingerprint density at radius 1 is 0.862 bits per heavy atom. The van der Waals surface area contributed by atoms with Crippen LogP contribution in [0.15, 0.2) is 47.4 Å². The van der Waals surface area contributed by atoms with Gasteiger partial charge in [0, 0.05) is 44.4 Å². The van der Waals surface area contributed by atoms with E-state index >= 15 is 0 Å². The molecule has 3 rings (SSSR count). The van der Waals surface area contributed by atoms with E-state index in [2.05, 4.69) is 4.72 Å². The highest BCUT2D eigenvalue weighted by Gasteiger charge is 2.23. The van der Waals surface area contributed by atoms with Gasteiger partial charge in [-0.25, -0.2) is 8.42 Å². The van der Waals surface area contributed by atoms with Gasteiger partial charge in [0.25, 0.3) is 15.9 Å². The summed E-state index contributed by atoms with van der Waals surface area (Å²) in [6.45, 7) is 7.33. The first kappa shape index (κ1) is 20.9. The van der Waals surface area contributed by atoms with Crippen LogP contribution in [0.4, 0.5) is 5.69 Å². The molecule has 0 spiro atoms. The van der Waals surface area contributed by atoms with Crippen molar-refractivity contribution < 1.29 is 18.0 Å². The van der Waals surface area contributed by atoms with Gasteiger partial charge in [0.1, 0.15) is 0 Å². The molecule has 0 unspecified atom stereocenters. The topological polar surface area (TPSA) is 86.8 Å². The molecule has 0 saturated carbocycles. The van der Waals surface area contributed by atoms with Crippen molar-refractivity contribution in [2.45, 2.75) is 25.7 Å². The van der Waals surface area contributed by atoms with E-state index < -0.39 is 10.0 Å². The molecule has 29 heavy (non-hydrogen) atoms. The van der Waals surface area contributed by atoms with Gasteiger partial charge in [0.05, 0.1) is 4.90 Å². The maximum Gasteiger partial charge on any atom is 0.261 e. The summed E-state index contributed by atoms with van der Waals surface area (Å²) in [5.41, 5.74) is 2.80. The van der Waals surface area contributed by atoms with Crippen LogP contribution in [-0.4, -0.2) is 56.2 Å². The van der Waals surface area contributed by atoms with Crippen LogP contribution >= 0.6 is 0 Å². The molecular formula is C21H25N3O4S. The minimum atomic E-state index is -3.70. The minimum absolute atomic E-state index is 0.0116. The molecule has 2 aromatic carbocycles. The van der Waals surface area contributed by atoms with E-state index in [0.29, 0.717) is 37.4 Å². The molecular weight excluding hydrogens is 390 g/mol. The number of nitrogens with one attached hydrogen (secondary N) is 1. The van der Waals surface area contributed by atoms with Gasteiger partial charge in [-0.2, -0.15) is 0 Å². The van der Waals surface area contributed by atoms with Crippen LogP contribution in [-0.2, 0) is 14.8 Å². The second-order valence-electron chi connectivity index (χ2n) is 7.23. The average Bonchev–Trinajstić information content (AvgIpc) is 2.70. The molecule has 8 heteroatoms. The monoisotopic (exact) mass is 415 g/mol. The summed E-state index contributed by atoms with van der Waals surface area (Å²) in [6, 6.07) is 11.4. The molecule has 1 aliphatic rings. The minimum Gasteiger partial charge on any atom is -0.339 e. The fourth-order valence-corrected chi connectivity index (χ4v) is 4.33. The van der Waals surface area contributed by atoms with Crippen molar-refractivity contribution in [1.82, 2.24) is 9.80 Å². The van der Waals surface area contributed by atoms with E-state index in [9.17, 15) is 18.0 Å². The summed E-state index contributed by atoms with van der Waals surface area (Å²) >= 11 is 0. The quantitative estimate of drug-likeness (QED) is 0.831. The van der Waals surface area contributed by atoms with Crippen LogP contribution in [0.1, 0.15) is 28.4 Å². The van der Waals surface area contributed by atoms with Gasteiger partial charge < -0.3 is 9.80 Å². The number of carbonyl (C=O) groups excluding carboxylic acids is 2. The molecule has 0 radical (unpaired) electrons. The van der Waals surface area contributed by atoms with E-state index in [1.165, 1.54) is 6.92 Å². The number of aryl methyl sites for hydroxylation is 2. The van der Waals surface area contributed by atoms with Crippen LogP contribution in [0.25, 0.3) is 0 Å². The molecule has 154 valence electrons. The van der Waals surface area contributed by atoms with Gasteiger partial charge >= 0.3 is 0 Å². The van der Waals surface area contributed by atoms with Crippen molar-refractivity contribution >= 4 is 27.5 Å². The Hall–Kier alpha value is -2.87. The van der Waals surface area contributed by atoms with Crippen molar-refractivity contribution in [1.29, 1.82) is 0 Å². The molecule has 0 aromatic heterocycles. The lowest BCUT2D eigenvalue weighted by atomic mass is 10.1. The summed E-state index contributed by atoms with van der Waals surface area (Å²) in [4.78, 5) is 27.7. The van der Waals surface area contributed by atoms with Crippen LogP contribution in [0.5, 0.6) is 0 Å². The number of sulfonamides is 1. The Morgan fingerprint density at radius 3 is 2.00 bits per heavy atom. The lowest BCUT2D eigenvalue weighted by molar-refractivity contribution is -0.130. The first-order chi connectivity index (χ1) is 13.7. The number of piperazine rings is 1. The van der Waals surface area contributed by atoms with E-state index in [0.717, 1.165) is 11.1 Å². The molecule has 2 amide bonds. The number of hydrogen-bond acceptors (Lipinski definition) is 4. The predicted molar refractivity (Wildman–Crippen MR) is 111 cm³/mol. The normalized spacial score (nSPS) is 14.6. The largest absolute Gasteiger partial charge is 0.339 e. The summed E-state index contributed by atoms with van der Waals surface area (Å²) in [5, 5.41) is 0. The summed E-state index contributed by atoms with van der Waals surface area (Å²) in [5.74, 6) is -0.116. The number of benzene rings is 2. The fourth-order valence-electron chi connectivity index (χ4n) is 3.18. The zero-order valence-corrected chi connectivity index (χ0v) is 17.6. The SMILES string of the molecule is CC(=O)N1CCN(C(=O)c2ccc(NS(=O)(=O)c3ccc(C)c(C)c3)cc2)CC1. The molecule has 1 heterocycles. The van der Waals surface area contributed by atoms with Crippen LogP contribution in [0, 0.1) is 13.8 Å². The van der Waals surface area contributed by atoms with Crippen molar-refractivity contribution in [3.8, 4) is 0 Å². The first-order valence-corrected chi connectivity index (χ1v) is 10.9. The summed E-state index contributed by atoms with van der Waals surface area (Å²) in [7, 11) is -3.70. The Kier molecular flexibility index (Phi) is 5.93. The van der Waals surface area contributed by atoms with Crippen molar-refractivity contribution in [3.05, 3.63) is 59.2 Å². The van der Waals surface area contributed by atoms with E-state index in [1.54, 1.807) is 52.3 Å². The lowest BCUT2D eigenvalue weighted by Crippen LogP contribution is -2.50. The second-order valence-corrected chi connectivity index (χ2v) is 8.91. The highest BCUT2D eigenvalue weighted by Crippen LogP contribution is 2.20. The molecule has 1 saturated heterocycles. The van der Waals surface area contributed by atoms with E-state index in [-0.39, 0.29) is 16.7 Å². The molecule has 1 aliphatic heterocycles. The lowest BCUT2D eigenvalue weighted by Gasteiger charge is -2.34. The Morgan fingerprint density at radius 2 is 1.45 bits per heavy atom. The van der Waals surface area contributed by atoms with Crippen molar-refractivity contribution in [2.75, 3.05) is 30.9 Å². The van der Waals surface area contributed by atoms with Gasteiger partial charge in [-0.3, -0.25) is 14.3 Å². The van der Waals surface area contributed by atoms with Gasteiger partial charge in [0.2, 0.25) is 5.91 Å². The third-order valence-electron chi connectivity index (χ3n) is 5.18. The number of amides is 2. The molecule has 1 fully saturated rings. The number of nitrogens with zero attached hydrogens (tertiary/aromatic N) is 2. The molecule has 0 bridgehead atoms. The summed E-state index contributed by atoms with van der Waals surface area (Å²) < 4.78 is 27.7. The van der Waals surface area contributed by atoms with Crippen LogP contribution < -0.4 is 4.72 Å². The van der Waals surface area contributed by atoms with Crippen LogP contribution in [0.3, 0.4) is 0 Å².